The third-order valence-electron chi connectivity index (χ3n) is 4.20. The number of aromatic nitrogens is 4. The van der Waals surface area contributed by atoms with Crippen molar-refractivity contribution in [3.63, 3.8) is 0 Å². The molecule has 9 nitrogen and oxygen atoms in total. The SMILES string of the molecule is O=C(CCc1nc(-c2ccccc2)no1)NCc1noc(C2CCCO2)n1. The molecular formula is C18H19N5O4. The summed E-state index contributed by atoms with van der Waals surface area (Å²) in [5, 5.41) is 10.6. The van der Waals surface area contributed by atoms with Gasteiger partial charge in [0.2, 0.25) is 17.6 Å². The molecule has 1 N–H and O–H groups in total. The maximum absolute atomic E-state index is 12.0. The molecule has 0 spiro atoms. The van der Waals surface area contributed by atoms with Crippen LogP contribution in [0.5, 0.6) is 0 Å². The molecule has 4 rings (SSSR count). The first-order valence-corrected chi connectivity index (χ1v) is 8.87. The highest BCUT2D eigenvalue weighted by Crippen LogP contribution is 2.26. The molecular weight excluding hydrogens is 350 g/mol. The molecule has 1 atom stereocenters. The first-order chi connectivity index (χ1) is 13.3. The summed E-state index contributed by atoms with van der Waals surface area (Å²) in [6, 6.07) is 9.53. The van der Waals surface area contributed by atoms with E-state index in [4.69, 9.17) is 13.8 Å². The normalized spacial score (nSPS) is 16.5. The van der Waals surface area contributed by atoms with Gasteiger partial charge in [-0.2, -0.15) is 9.97 Å². The number of benzene rings is 1. The molecule has 3 aromatic rings. The Morgan fingerprint density at radius 2 is 2.04 bits per heavy atom. The number of hydrogen-bond donors (Lipinski definition) is 1. The van der Waals surface area contributed by atoms with Crippen LogP contribution < -0.4 is 5.32 Å². The lowest BCUT2D eigenvalue weighted by Gasteiger charge is -2.01. The molecule has 2 aromatic heterocycles. The highest BCUT2D eigenvalue weighted by atomic mass is 16.5. The lowest BCUT2D eigenvalue weighted by atomic mass is 10.2. The zero-order valence-corrected chi connectivity index (χ0v) is 14.6. The van der Waals surface area contributed by atoms with Crippen molar-refractivity contribution in [3.05, 3.63) is 47.9 Å². The van der Waals surface area contributed by atoms with E-state index in [0.717, 1.165) is 18.4 Å². The average Bonchev–Trinajstić information content (AvgIpc) is 3.47. The van der Waals surface area contributed by atoms with E-state index in [0.29, 0.717) is 36.5 Å². The van der Waals surface area contributed by atoms with E-state index >= 15 is 0 Å². The molecule has 0 bridgehead atoms. The zero-order chi connectivity index (χ0) is 18.5. The molecule has 0 saturated carbocycles. The van der Waals surface area contributed by atoms with Gasteiger partial charge in [-0.05, 0) is 12.8 Å². The van der Waals surface area contributed by atoms with E-state index in [1.54, 1.807) is 0 Å². The lowest BCUT2D eigenvalue weighted by Crippen LogP contribution is -2.23. The Kier molecular flexibility index (Phi) is 5.20. The third-order valence-corrected chi connectivity index (χ3v) is 4.20. The quantitative estimate of drug-likeness (QED) is 0.674. The second-order valence-corrected chi connectivity index (χ2v) is 6.20. The van der Waals surface area contributed by atoms with Crippen LogP contribution in [0.25, 0.3) is 11.4 Å². The van der Waals surface area contributed by atoms with Gasteiger partial charge in [-0.1, -0.05) is 40.6 Å². The molecule has 9 heteroatoms. The predicted molar refractivity (Wildman–Crippen MR) is 92.1 cm³/mol. The zero-order valence-electron chi connectivity index (χ0n) is 14.6. The number of nitrogens with zero attached hydrogens (tertiary/aromatic N) is 4. The monoisotopic (exact) mass is 369 g/mol. The number of ether oxygens (including phenoxy) is 1. The molecule has 1 amide bonds. The second kappa shape index (κ2) is 8.09. The smallest absolute Gasteiger partial charge is 0.255 e. The predicted octanol–water partition coefficient (Wildman–Crippen LogP) is 2.22. The molecule has 1 aliphatic heterocycles. The minimum atomic E-state index is -0.155. The van der Waals surface area contributed by atoms with Gasteiger partial charge < -0.3 is 19.1 Å². The summed E-state index contributed by atoms with van der Waals surface area (Å²) in [5.41, 5.74) is 0.871. The number of carbonyl (C=O) groups is 1. The molecule has 1 aliphatic rings. The summed E-state index contributed by atoms with van der Waals surface area (Å²) in [4.78, 5) is 20.6. The van der Waals surface area contributed by atoms with Crippen LogP contribution in [0.2, 0.25) is 0 Å². The standard InChI is InChI=1S/C18H19N5O4/c24-15(19-11-14-20-18(27-22-14)13-7-4-10-25-13)8-9-16-21-17(23-26-16)12-5-2-1-3-6-12/h1-3,5-6,13H,4,7-11H2,(H,19,24). The highest BCUT2D eigenvalue weighted by molar-refractivity contribution is 5.75. The molecule has 1 aromatic carbocycles. The van der Waals surface area contributed by atoms with E-state index in [1.807, 2.05) is 30.3 Å². The summed E-state index contributed by atoms with van der Waals surface area (Å²) in [7, 11) is 0. The molecule has 0 radical (unpaired) electrons. The number of aryl methyl sites for hydroxylation is 1. The Hall–Kier alpha value is -3.07. The van der Waals surface area contributed by atoms with Gasteiger partial charge in [0.15, 0.2) is 5.82 Å². The van der Waals surface area contributed by atoms with E-state index in [2.05, 4.69) is 25.6 Å². The van der Waals surface area contributed by atoms with Crippen LogP contribution in [0.1, 0.15) is 43.0 Å². The maximum atomic E-state index is 12.0. The topological polar surface area (TPSA) is 116 Å². The van der Waals surface area contributed by atoms with Crippen LogP contribution in [0.15, 0.2) is 39.4 Å². The first-order valence-electron chi connectivity index (χ1n) is 8.87. The van der Waals surface area contributed by atoms with Gasteiger partial charge >= 0.3 is 0 Å². The summed E-state index contributed by atoms with van der Waals surface area (Å²) in [6.45, 7) is 0.912. The van der Waals surface area contributed by atoms with Crippen molar-refractivity contribution >= 4 is 5.91 Å². The number of carbonyl (C=O) groups excluding carboxylic acids is 1. The minimum Gasteiger partial charge on any atom is -0.368 e. The second-order valence-electron chi connectivity index (χ2n) is 6.20. The van der Waals surface area contributed by atoms with Gasteiger partial charge in [0.1, 0.15) is 6.10 Å². The fraction of sp³-hybridized carbons (Fsp3) is 0.389. The van der Waals surface area contributed by atoms with Crippen molar-refractivity contribution in [2.45, 2.75) is 38.3 Å². The van der Waals surface area contributed by atoms with Crippen LogP contribution in [-0.4, -0.2) is 32.8 Å². The third kappa shape index (κ3) is 4.37. The highest BCUT2D eigenvalue weighted by Gasteiger charge is 2.23. The molecule has 1 unspecified atom stereocenters. The van der Waals surface area contributed by atoms with E-state index in [-0.39, 0.29) is 25.0 Å². The molecule has 0 aliphatic carbocycles. The molecule has 3 heterocycles. The largest absolute Gasteiger partial charge is 0.368 e. The Bertz CT molecular complexity index is 886. The van der Waals surface area contributed by atoms with E-state index in [9.17, 15) is 4.79 Å². The van der Waals surface area contributed by atoms with Crippen LogP contribution >= 0.6 is 0 Å². The van der Waals surface area contributed by atoms with Crippen LogP contribution in [-0.2, 0) is 22.5 Å². The van der Waals surface area contributed by atoms with Crippen molar-refractivity contribution in [2.24, 2.45) is 0 Å². The molecule has 1 saturated heterocycles. The van der Waals surface area contributed by atoms with Crippen LogP contribution in [0.4, 0.5) is 0 Å². The van der Waals surface area contributed by atoms with Crippen molar-refractivity contribution in [1.82, 2.24) is 25.6 Å². The van der Waals surface area contributed by atoms with Gasteiger partial charge in [-0.25, -0.2) is 0 Å². The van der Waals surface area contributed by atoms with Gasteiger partial charge in [-0.3, -0.25) is 4.79 Å². The summed E-state index contributed by atoms with van der Waals surface area (Å²) in [5.74, 6) is 1.68. The van der Waals surface area contributed by atoms with Gasteiger partial charge in [0.25, 0.3) is 5.89 Å². The Morgan fingerprint density at radius 1 is 1.15 bits per heavy atom. The number of rotatable bonds is 7. The Labute approximate surface area is 155 Å². The Balaban J connectivity index is 1.24. The number of amides is 1. The van der Waals surface area contributed by atoms with Gasteiger partial charge in [-0.15, -0.1) is 0 Å². The first kappa shape index (κ1) is 17.3. The minimum absolute atomic E-state index is 0.127. The van der Waals surface area contributed by atoms with E-state index in [1.165, 1.54) is 0 Å². The Morgan fingerprint density at radius 3 is 2.85 bits per heavy atom. The summed E-state index contributed by atoms with van der Waals surface area (Å²) in [6.07, 6.45) is 2.33. The van der Waals surface area contributed by atoms with Crippen LogP contribution in [0, 0.1) is 0 Å². The van der Waals surface area contributed by atoms with Crippen molar-refractivity contribution < 1.29 is 18.6 Å². The average molecular weight is 369 g/mol. The van der Waals surface area contributed by atoms with E-state index < -0.39 is 0 Å². The molecule has 1 fully saturated rings. The van der Waals surface area contributed by atoms with Crippen molar-refractivity contribution in [3.8, 4) is 11.4 Å². The van der Waals surface area contributed by atoms with Crippen molar-refractivity contribution in [1.29, 1.82) is 0 Å². The van der Waals surface area contributed by atoms with Crippen molar-refractivity contribution in [2.75, 3.05) is 6.61 Å². The molecule has 27 heavy (non-hydrogen) atoms. The fourth-order valence-electron chi connectivity index (χ4n) is 2.79. The summed E-state index contributed by atoms with van der Waals surface area (Å²) >= 11 is 0. The molecule has 140 valence electrons. The number of nitrogens with one attached hydrogen (secondary N) is 1. The van der Waals surface area contributed by atoms with Gasteiger partial charge in [0, 0.05) is 25.0 Å². The lowest BCUT2D eigenvalue weighted by molar-refractivity contribution is -0.121. The van der Waals surface area contributed by atoms with Crippen LogP contribution in [0.3, 0.4) is 0 Å². The van der Waals surface area contributed by atoms with Gasteiger partial charge in [0.05, 0.1) is 6.54 Å². The summed E-state index contributed by atoms with van der Waals surface area (Å²) < 4.78 is 15.9. The number of hydrogen-bond acceptors (Lipinski definition) is 8. The maximum Gasteiger partial charge on any atom is 0.255 e. The fourth-order valence-corrected chi connectivity index (χ4v) is 2.79.